The third-order valence-electron chi connectivity index (χ3n) is 3.26. The fourth-order valence-corrected chi connectivity index (χ4v) is 4.01. The van der Waals surface area contributed by atoms with E-state index in [1.807, 2.05) is 18.2 Å². The van der Waals surface area contributed by atoms with Crippen molar-refractivity contribution in [2.45, 2.75) is 0 Å². The molecule has 0 saturated heterocycles. The van der Waals surface area contributed by atoms with Crippen LogP contribution in [0.15, 0.2) is 43.0 Å². The average Bonchev–Trinajstić information content (AvgIpc) is 2.49. The third-order valence-corrected chi connectivity index (χ3v) is 5.89. The molecule has 0 spiro atoms. The lowest BCUT2D eigenvalue weighted by molar-refractivity contribution is 0.140. The zero-order chi connectivity index (χ0) is 13.9. The highest BCUT2D eigenvalue weighted by atomic mass is 28.4. The van der Waals surface area contributed by atoms with Gasteiger partial charge in [0.1, 0.15) is 0 Å². The van der Waals surface area contributed by atoms with Gasteiger partial charge in [0.2, 0.25) is 0 Å². The van der Waals surface area contributed by atoms with Gasteiger partial charge in [-0.3, -0.25) is 0 Å². The summed E-state index contributed by atoms with van der Waals surface area (Å²) in [7, 11) is 2.09. The molecule has 0 unspecified atom stereocenters. The predicted molar refractivity (Wildman–Crippen MR) is 80.5 cm³/mol. The van der Waals surface area contributed by atoms with Gasteiger partial charge in [0.15, 0.2) is 0 Å². The highest BCUT2D eigenvalue weighted by Crippen LogP contribution is 2.18. The fourth-order valence-electron chi connectivity index (χ4n) is 2.19. The summed E-state index contributed by atoms with van der Waals surface area (Å²) in [6.45, 7) is 3.78. The summed E-state index contributed by atoms with van der Waals surface area (Å²) in [6, 6.07) is 12.3. The van der Waals surface area contributed by atoms with Crippen LogP contribution in [-0.4, -0.2) is 30.1 Å². The van der Waals surface area contributed by atoms with E-state index in [1.54, 1.807) is 21.3 Å². The van der Waals surface area contributed by atoms with Gasteiger partial charge in [-0.2, -0.15) is 0 Å². The van der Waals surface area contributed by atoms with Crippen molar-refractivity contribution in [3.8, 4) is 0 Å². The largest absolute Gasteiger partial charge is 0.536 e. The Morgan fingerprint density at radius 1 is 0.895 bits per heavy atom. The van der Waals surface area contributed by atoms with Crippen LogP contribution in [0, 0.1) is 0 Å². The van der Waals surface area contributed by atoms with Crippen molar-refractivity contribution in [3.63, 3.8) is 0 Å². The first-order valence-corrected chi connectivity index (χ1v) is 7.73. The highest BCUT2D eigenvalue weighted by Gasteiger charge is 2.40. The molecule has 4 heteroatoms. The van der Waals surface area contributed by atoms with Crippen molar-refractivity contribution in [1.29, 1.82) is 0 Å². The van der Waals surface area contributed by atoms with Gasteiger partial charge in [0.25, 0.3) is 0 Å². The Morgan fingerprint density at radius 3 is 2.05 bits per heavy atom. The number of rotatable bonds is 5. The van der Waals surface area contributed by atoms with Gasteiger partial charge >= 0.3 is 8.80 Å². The summed E-state index contributed by atoms with van der Waals surface area (Å²) in [5.74, 6) is 0. The van der Waals surface area contributed by atoms with Gasteiger partial charge in [0.05, 0.1) is 0 Å². The van der Waals surface area contributed by atoms with E-state index in [4.69, 9.17) is 13.3 Å². The molecule has 0 aliphatic rings. The SMILES string of the molecule is C=Cc1ccc2cc([Si](OC)(OC)OC)ccc2c1. The number of hydrogen-bond donors (Lipinski definition) is 0. The minimum atomic E-state index is -2.75. The highest BCUT2D eigenvalue weighted by molar-refractivity contribution is 6.75. The van der Waals surface area contributed by atoms with E-state index >= 15 is 0 Å². The van der Waals surface area contributed by atoms with Crippen molar-refractivity contribution in [2.24, 2.45) is 0 Å². The lowest BCUT2D eigenvalue weighted by atomic mass is 10.1. The van der Waals surface area contributed by atoms with Gasteiger partial charge in [-0.25, -0.2) is 0 Å². The Kier molecular flexibility index (Phi) is 4.16. The summed E-state index contributed by atoms with van der Waals surface area (Å²) >= 11 is 0. The van der Waals surface area contributed by atoms with E-state index in [9.17, 15) is 0 Å². The van der Waals surface area contributed by atoms with Crippen LogP contribution in [0.4, 0.5) is 0 Å². The van der Waals surface area contributed by atoms with Gasteiger partial charge in [-0.05, 0) is 28.5 Å². The smallest absolute Gasteiger partial charge is 0.373 e. The minimum absolute atomic E-state index is 0.957. The fraction of sp³-hybridized carbons (Fsp3) is 0.200. The van der Waals surface area contributed by atoms with Crippen LogP contribution >= 0.6 is 0 Å². The van der Waals surface area contributed by atoms with E-state index in [0.29, 0.717) is 0 Å². The zero-order valence-corrected chi connectivity index (χ0v) is 12.5. The Morgan fingerprint density at radius 2 is 1.47 bits per heavy atom. The van der Waals surface area contributed by atoms with E-state index < -0.39 is 8.80 Å². The molecule has 0 fully saturated rings. The average molecular weight is 274 g/mol. The third kappa shape index (κ3) is 2.48. The number of fused-ring (bicyclic) bond motifs is 1. The first-order valence-electron chi connectivity index (χ1n) is 6.01. The van der Waals surface area contributed by atoms with Crippen molar-refractivity contribution in [1.82, 2.24) is 0 Å². The minimum Gasteiger partial charge on any atom is -0.373 e. The van der Waals surface area contributed by atoms with Crippen LogP contribution in [0.25, 0.3) is 16.8 Å². The lowest BCUT2D eigenvalue weighted by Gasteiger charge is -2.24. The van der Waals surface area contributed by atoms with Crippen LogP contribution in [0.3, 0.4) is 0 Å². The molecule has 0 aliphatic heterocycles. The maximum absolute atomic E-state index is 5.49. The van der Waals surface area contributed by atoms with Crippen molar-refractivity contribution >= 4 is 30.8 Å². The Balaban J connectivity index is 2.55. The molecule has 2 aromatic carbocycles. The summed E-state index contributed by atoms with van der Waals surface area (Å²) in [4.78, 5) is 0. The molecule has 0 aromatic heterocycles. The summed E-state index contributed by atoms with van der Waals surface area (Å²) < 4.78 is 16.5. The van der Waals surface area contributed by atoms with Crippen LogP contribution in [0.5, 0.6) is 0 Å². The molecule has 3 nitrogen and oxygen atoms in total. The van der Waals surface area contributed by atoms with E-state index in [-0.39, 0.29) is 0 Å². The molecule has 0 amide bonds. The molecule has 2 aromatic rings. The predicted octanol–water partition coefficient (Wildman–Crippen LogP) is 2.57. The normalized spacial score (nSPS) is 11.7. The van der Waals surface area contributed by atoms with Gasteiger partial charge in [0, 0.05) is 26.5 Å². The van der Waals surface area contributed by atoms with Crippen LogP contribution < -0.4 is 5.19 Å². The molecule has 0 aliphatic carbocycles. The first-order chi connectivity index (χ1) is 9.19. The molecule has 0 bridgehead atoms. The molecule has 19 heavy (non-hydrogen) atoms. The van der Waals surface area contributed by atoms with Gasteiger partial charge in [-0.15, -0.1) is 0 Å². The molecule has 0 heterocycles. The second-order valence-corrected chi connectivity index (χ2v) is 7.11. The number of benzene rings is 2. The molecular weight excluding hydrogens is 256 g/mol. The van der Waals surface area contributed by atoms with E-state index in [2.05, 4.69) is 30.8 Å². The number of hydrogen-bond acceptors (Lipinski definition) is 3. The van der Waals surface area contributed by atoms with Crippen molar-refractivity contribution in [3.05, 3.63) is 48.5 Å². The van der Waals surface area contributed by atoms with Gasteiger partial charge < -0.3 is 13.3 Å². The Bertz CT molecular complexity index is 583. The molecule has 0 saturated carbocycles. The summed E-state index contributed by atoms with van der Waals surface area (Å²) in [5.41, 5.74) is 1.11. The van der Waals surface area contributed by atoms with E-state index in [1.165, 1.54) is 0 Å². The van der Waals surface area contributed by atoms with E-state index in [0.717, 1.165) is 21.5 Å². The Hall–Kier alpha value is -1.46. The van der Waals surface area contributed by atoms with Gasteiger partial charge in [-0.1, -0.05) is 36.9 Å². The summed E-state index contributed by atoms with van der Waals surface area (Å²) in [5, 5.41) is 3.25. The quantitative estimate of drug-likeness (QED) is 0.784. The maximum atomic E-state index is 5.49. The van der Waals surface area contributed by atoms with Crippen molar-refractivity contribution in [2.75, 3.05) is 21.3 Å². The zero-order valence-electron chi connectivity index (χ0n) is 11.5. The molecule has 0 radical (unpaired) electrons. The maximum Gasteiger partial charge on any atom is 0.536 e. The van der Waals surface area contributed by atoms with Crippen molar-refractivity contribution < 1.29 is 13.3 Å². The molecule has 2 rings (SSSR count). The monoisotopic (exact) mass is 274 g/mol. The summed E-state index contributed by atoms with van der Waals surface area (Å²) in [6.07, 6.45) is 1.84. The molecule has 0 atom stereocenters. The second kappa shape index (κ2) is 5.67. The second-order valence-electron chi connectivity index (χ2n) is 4.19. The van der Waals surface area contributed by atoms with Crippen LogP contribution in [0.2, 0.25) is 0 Å². The lowest BCUT2D eigenvalue weighted by Crippen LogP contribution is -2.54. The van der Waals surface area contributed by atoms with Crippen LogP contribution in [-0.2, 0) is 13.3 Å². The molecule has 0 N–H and O–H groups in total. The topological polar surface area (TPSA) is 27.7 Å². The standard InChI is InChI=1S/C15H18O3Si/c1-5-12-6-7-14-11-15(9-8-13(14)10-12)19(16-2,17-3)18-4/h5-11H,1H2,2-4H3. The molecular formula is C15H18O3Si. The molecule has 100 valence electrons. The first kappa shape index (κ1) is 14.0. The Labute approximate surface area is 114 Å². The van der Waals surface area contributed by atoms with Crippen LogP contribution in [0.1, 0.15) is 5.56 Å².